The highest BCUT2D eigenvalue weighted by Gasteiger charge is 2.35. The zero-order valence-corrected chi connectivity index (χ0v) is 14.3. The van der Waals surface area contributed by atoms with Crippen LogP contribution in [0.25, 0.3) is 0 Å². The van der Waals surface area contributed by atoms with Gasteiger partial charge in [-0.25, -0.2) is 0 Å². The number of piperidine rings is 1. The van der Waals surface area contributed by atoms with Crippen LogP contribution >= 0.6 is 0 Å². The van der Waals surface area contributed by atoms with Gasteiger partial charge in [0.25, 0.3) is 5.91 Å². The maximum Gasteiger partial charge on any atom is 0.253 e. The van der Waals surface area contributed by atoms with Crippen LogP contribution in [-0.2, 0) is 4.79 Å². The van der Waals surface area contributed by atoms with E-state index in [2.05, 4.69) is 13.0 Å². The molecule has 2 heterocycles. The average Bonchev–Trinajstić information content (AvgIpc) is 2.49. The zero-order valence-electron chi connectivity index (χ0n) is 14.3. The number of hydrogen-bond acceptors (Lipinski definition) is 2. The van der Waals surface area contributed by atoms with Crippen LogP contribution < -0.4 is 0 Å². The van der Waals surface area contributed by atoms with Crippen LogP contribution in [0.4, 0.5) is 0 Å². The molecule has 4 nitrogen and oxygen atoms in total. The molecule has 23 heavy (non-hydrogen) atoms. The van der Waals surface area contributed by atoms with E-state index in [1.807, 2.05) is 35.8 Å². The van der Waals surface area contributed by atoms with E-state index in [-0.39, 0.29) is 17.7 Å². The summed E-state index contributed by atoms with van der Waals surface area (Å²) in [5, 5.41) is 0. The SMILES string of the molecule is Cc1cc(C)cc(C(=O)N2CCC[C@@H](C(=O)N3CC(C)C3)C2)c1. The lowest BCUT2D eigenvalue weighted by Gasteiger charge is -2.41. The minimum Gasteiger partial charge on any atom is -0.342 e. The summed E-state index contributed by atoms with van der Waals surface area (Å²) >= 11 is 0. The van der Waals surface area contributed by atoms with Gasteiger partial charge in [-0.2, -0.15) is 0 Å². The van der Waals surface area contributed by atoms with Crippen LogP contribution in [0.3, 0.4) is 0 Å². The standard InChI is InChI=1S/C19H26N2O2/c1-13-7-14(2)9-17(8-13)19(23)20-6-4-5-16(12-20)18(22)21-10-15(3)11-21/h7-9,15-16H,4-6,10-12H2,1-3H3/t16-/m1/s1. The molecule has 2 saturated heterocycles. The van der Waals surface area contributed by atoms with Crippen molar-refractivity contribution in [2.75, 3.05) is 26.2 Å². The van der Waals surface area contributed by atoms with Crippen molar-refractivity contribution in [3.8, 4) is 0 Å². The Balaban J connectivity index is 1.68. The summed E-state index contributed by atoms with van der Waals surface area (Å²) in [4.78, 5) is 29.1. The number of carbonyl (C=O) groups excluding carboxylic acids is 2. The Labute approximate surface area is 138 Å². The lowest BCUT2D eigenvalue weighted by atomic mass is 9.92. The third-order valence-corrected chi connectivity index (χ3v) is 4.90. The first-order chi connectivity index (χ1) is 10.9. The normalized spacial score (nSPS) is 22.0. The third-order valence-electron chi connectivity index (χ3n) is 4.90. The fourth-order valence-corrected chi connectivity index (χ4v) is 3.78. The second-order valence-corrected chi connectivity index (χ2v) is 7.32. The summed E-state index contributed by atoms with van der Waals surface area (Å²) in [5.74, 6) is 0.897. The van der Waals surface area contributed by atoms with Crippen LogP contribution in [0.1, 0.15) is 41.3 Å². The lowest BCUT2D eigenvalue weighted by molar-refractivity contribution is -0.143. The smallest absolute Gasteiger partial charge is 0.253 e. The van der Waals surface area contributed by atoms with Gasteiger partial charge in [-0.1, -0.05) is 24.1 Å². The van der Waals surface area contributed by atoms with Gasteiger partial charge in [0, 0.05) is 31.7 Å². The minimum atomic E-state index is -0.0221. The molecule has 0 aliphatic carbocycles. The highest BCUT2D eigenvalue weighted by molar-refractivity contribution is 5.95. The molecular formula is C19H26N2O2. The van der Waals surface area contributed by atoms with Crippen LogP contribution in [-0.4, -0.2) is 47.8 Å². The van der Waals surface area contributed by atoms with Crippen molar-refractivity contribution in [1.29, 1.82) is 0 Å². The fourth-order valence-electron chi connectivity index (χ4n) is 3.78. The molecule has 1 aromatic rings. The Morgan fingerprint density at radius 1 is 1.00 bits per heavy atom. The van der Waals surface area contributed by atoms with Crippen molar-refractivity contribution in [1.82, 2.24) is 9.80 Å². The Bertz CT molecular complexity index is 600. The molecule has 2 aliphatic heterocycles. The summed E-state index contributed by atoms with van der Waals surface area (Å²) in [7, 11) is 0. The molecular weight excluding hydrogens is 288 g/mol. The Morgan fingerprint density at radius 3 is 2.26 bits per heavy atom. The highest BCUT2D eigenvalue weighted by atomic mass is 16.2. The molecule has 1 atom stereocenters. The van der Waals surface area contributed by atoms with Crippen LogP contribution in [0, 0.1) is 25.7 Å². The summed E-state index contributed by atoms with van der Waals surface area (Å²) in [6, 6.07) is 5.96. The van der Waals surface area contributed by atoms with Crippen molar-refractivity contribution >= 4 is 11.8 Å². The van der Waals surface area contributed by atoms with Crippen LogP contribution in [0.15, 0.2) is 18.2 Å². The predicted molar refractivity (Wildman–Crippen MR) is 90.3 cm³/mol. The van der Waals surface area contributed by atoms with E-state index in [9.17, 15) is 9.59 Å². The van der Waals surface area contributed by atoms with Crippen molar-refractivity contribution in [3.05, 3.63) is 34.9 Å². The molecule has 1 aromatic carbocycles. The molecule has 2 amide bonds. The van der Waals surface area contributed by atoms with Crippen molar-refractivity contribution in [2.24, 2.45) is 11.8 Å². The molecule has 3 rings (SSSR count). The predicted octanol–water partition coefficient (Wildman–Crippen LogP) is 2.63. The van der Waals surface area contributed by atoms with Gasteiger partial charge in [-0.3, -0.25) is 9.59 Å². The molecule has 2 fully saturated rings. The molecule has 0 N–H and O–H groups in total. The Morgan fingerprint density at radius 2 is 1.65 bits per heavy atom. The molecule has 0 aromatic heterocycles. The van der Waals surface area contributed by atoms with Crippen molar-refractivity contribution < 1.29 is 9.59 Å². The van der Waals surface area contributed by atoms with Gasteiger partial charge >= 0.3 is 0 Å². The quantitative estimate of drug-likeness (QED) is 0.842. The monoisotopic (exact) mass is 314 g/mol. The second-order valence-electron chi connectivity index (χ2n) is 7.32. The van der Waals surface area contributed by atoms with Crippen LogP contribution in [0.2, 0.25) is 0 Å². The van der Waals surface area contributed by atoms with Gasteiger partial charge in [-0.05, 0) is 44.7 Å². The second kappa shape index (κ2) is 6.34. The maximum absolute atomic E-state index is 12.8. The number of benzene rings is 1. The maximum atomic E-state index is 12.8. The average molecular weight is 314 g/mol. The molecule has 124 valence electrons. The van der Waals surface area contributed by atoms with Gasteiger partial charge in [0.1, 0.15) is 0 Å². The zero-order chi connectivity index (χ0) is 16.6. The molecule has 2 aliphatic rings. The van der Waals surface area contributed by atoms with Gasteiger partial charge < -0.3 is 9.80 Å². The van der Waals surface area contributed by atoms with Crippen molar-refractivity contribution in [3.63, 3.8) is 0 Å². The van der Waals surface area contributed by atoms with E-state index in [1.54, 1.807) is 0 Å². The third kappa shape index (κ3) is 3.41. The molecule has 0 saturated carbocycles. The van der Waals surface area contributed by atoms with Crippen LogP contribution in [0.5, 0.6) is 0 Å². The number of nitrogens with zero attached hydrogens (tertiary/aromatic N) is 2. The van der Waals surface area contributed by atoms with E-state index in [0.29, 0.717) is 12.5 Å². The number of likely N-dealkylation sites (tertiary alicyclic amines) is 2. The Hall–Kier alpha value is -1.84. The first-order valence-corrected chi connectivity index (χ1v) is 8.60. The van der Waals surface area contributed by atoms with Gasteiger partial charge in [0.15, 0.2) is 0 Å². The van der Waals surface area contributed by atoms with Gasteiger partial charge in [-0.15, -0.1) is 0 Å². The number of aryl methyl sites for hydroxylation is 2. The highest BCUT2D eigenvalue weighted by Crippen LogP contribution is 2.25. The molecule has 4 heteroatoms. The first kappa shape index (κ1) is 16.0. The topological polar surface area (TPSA) is 40.6 Å². The van der Waals surface area contributed by atoms with E-state index in [4.69, 9.17) is 0 Å². The van der Waals surface area contributed by atoms with E-state index < -0.39 is 0 Å². The summed E-state index contributed by atoms with van der Waals surface area (Å²) in [6.07, 6.45) is 1.82. The first-order valence-electron chi connectivity index (χ1n) is 8.60. The van der Waals surface area contributed by atoms with Crippen molar-refractivity contribution in [2.45, 2.75) is 33.6 Å². The number of amides is 2. The van der Waals surface area contributed by atoms with E-state index in [0.717, 1.165) is 49.2 Å². The molecule has 0 bridgehead atoms. The number of carbonyl (C=O) groups is 2. The number of rotatable bonds is 2. The summed E-state index contributed by atoms with van der Waals surface area (Å²) in [6.45, 7) is 9.26. The minimum absolute atomic E-state index is 0.0221. The number of hydrogen-bond donors (Lipinski definition) is 0. The molecule has 0 unspecified atom stereocenters. The van der Waals surface area contributed by atoms with Gasteiger partial charge in [0.05, 0.1) is 5.92 Å². The summed E-state index contributed by atoms with van der Waals surface area (Å²) in [5.41, 5.74) is 2.95. The largest absolute Gasteiger partial charge is 0.342 e. The Kier molecular flexibility index (Phi) is 4.42. The molecule has 0 spiro atoms. The molecule has 0 radical (unpaired) electrons. The van der Waals surface area contributed by atoms with Gasteiger partial charge in [0.2, 0.25) is 5.91 Å². The van der Waals surface area contributed by atoms with E-state index >= 15 is 0 Å². The summed E-state index contributed by atoms with van der Waals surface area (Å²) < 4.78 is 0. The fraction of sp³-hybridized carbons (Fsp3) is 0.579. The van der Waals surface area contributed by atoms with E-state index in [1.165, 1.54) is 0 Å². The lowest BCUT2D eigenvalue weighted by Crippen LogP contribution is -2.54.